The zero-order valence-electron chi connectivity index (χ0n) is 7.85. The number of rotatable bonds is 1. The van der Waals surface area contributed by atoms with E-state index in [0.29, 0.717) is 0 Å². The van der Waals surface area contributed by atoms with E-state index in [4.69, 9.17) is 5.11 Å². The topological polar surface area (TPSA) is 53.1 Å². The van der Waals surface area contributed by atoms with Crippen molar-refractivity contribution in [1.82, 2.24) is 4.98 Å². The Bertz CT molecular complexity index is 621. The van der Waals surface area contributed by atoms with Gasteiger partial charge < -0.3 is 10.1 Å². The van der Waals surface area contributed by atoms with E-state index in [1.54, 1.807) is 0 Å². The summed E-state index contributed by atoms with van der Waals surface area (Å²) in [5.41, 5.74) is -1.99. The quantitative estimate of drug-likeness (QED) is 0.777. The first-order chi connectivity index (χ1) is 7.56. The highest BCUT2D eigenvalue weighted by molar-refractivity contribution is 5.82. The van der Waals surface area contributed by atoms with Gasteiger partial charge in [0.1, 0.15) is 0 Å². The van der Waals surface area contributed by atoms with E-state index in [2.05, 4.69) is 0 Å². The predicted molar refractivity (Wildman–Crippen MR) is 50.4 cm³/mol. The molecule has 0 aliphatic heterocycles. The third-order valence-corrected chi connectivity index (χ3v) is 2.28. The molecule has 0 amide bonds. The number of halogens is 3. The molecule has 0 saturated carbocycles. The maximum absolute atomic E-state index is 13.3. The van der Waals surface area contributed by atoms with Crippen molar-refractivity contribution in [3.8, 4) is 0 Å². The van der Waals surface area contributed by atoms with Gasteiger partial charge in [-0.05, 0) is 12.1 Å². The Balaban J connectivity index is 3.02. The van der Waals surface area contributed by atoms with E-state index in [1.807, 2.05) is 4.98 Å². The van der Waals surface area contributed by atoms with Gasteiger partial charge in [-0.15, -0.1) is 0 Å². The van der Waals surface area contributed by atoms with Crippen molar-refractivity contribution in [3.05, 3.63) is 45.5 Å². The van der Waals surface area contributed by atoms with Crippen molar-refractivity contribution in [2.45, 2.75) is 6.61 Å². The minimum absolute atomic E-state index is 0.0569. The molecular weight excluding hydrogens is 223 g/mol. The lowest BCUT2D eigenvalue weighted by molar-refractivity contribution is 0.277. The van der Waals surface area contributed by atoms with Crippen LogP contribution in [0.5, 0.6) is 0 Å². The third kappa shape index (κ3) is 1.38. The Morgan fingerprint density at radius 1 is 1.19 bits per heavy atom. The van der Waals surface area contributed by atoms with Crippen LogP contribution in [-0.4, -0.2) is 10.1 Å². The van der Waals surface area contributed by atoms with Gasteiger partial charge in [0.25, 0.3) is 5.56 Å². The summed E-state index contributed by atoms with van der Waals surface area (Å²) in [6.07, 6.45) is 0. The summed E-state index contributed by atoms with van der Waals surface area (Å²) in [4.78, 5) is 12.9. The monoisotopic (exact) mass is 229 g/mol. The lowest BCUT2D eigenvalue weighted by Crippen LogP contribution is -2.15. The number of hydrogen-bond donors (Lipinski definition) is 2. The second kappa shape index (κ2) is 3.64. The SMILES string of the molecule is O=c1[nH]c2c(F)c(F)ccc2c(CO)c1F. The van der Waals surface area contributed by atoms with E-state index in [1.165, 1.54) is 0 Å². The average molecular weight is 229 g/mol. The fraction of sp³-hybridized carbons (Fsp3) is 0.100. The summed E-state index contributed by atoms with van der Waals surface area (Å²) in [5, 5.41) is 8.84. The average Bonchev–Trinajstić information content (AvgIpc) is 2.27. The summed E-state index contributed by atoms with van der Waals surface area (Å²) in [6.45, 7) is -0.767. The fourth-order valence-corrected chi connectivity index (χ4v) is 1.50. The molecule has 0 atom stereocenters. The number of benzene rings is 1. The Morgan fingerprint density at radius 3 is 2.50 bits per heavy atom. The number of aromatic nitrogens is 1. The van der Waals surface area contributed by atoms with Crippen molar-refractivity contribution in [2.75, 3.05) is 0 Å². The second-order valence-corrected chi connectivity index (χ2v) is 3.19. The van der Waals surface area contributed by atoms with Crippen molar-refractivity contribution >= 4 is 10.9 Å². The van der Waals surface area contributed by atoms with Crippen LogP contribution in [0.4, 0.5) is 13.2 Å². The van der Waals surface area contributed by atoms with Gasteiger partial charge in [0, 0.05) is 10.9 Å². The Kier molecular flexibility index (Phi) is 2.43. The molecule has 2 aromatic rings. The smallest absolute Gasteiger partial charge is 0.284 e. The van der Waals surface area contributed by atoms with Gasteiger partial charge in [0.2, 0.25) is 0 Å². The zero-order chi connectivity index (χ0) is 11.9. The van der Waals surface area contributed by atoms with Gasteiger partial charge >= 0.3 is 0 Å². The lowest BCUT2D eigenvalue weighted by Gasteiger charge is -2.05. The van der Waals surface area contributed by atoms with Crippen LogP contribution in [0, 0.1) is 17.5 Å². The van der Waals surface area contributed by atoms with Crippen molar-refractivity contribution < 1.29 is 18.3 Å². The minimum atomic E-state index is -1.27. The van der Waals surface area contributed by atoms with Gasteiger partial charge in [-0.3, -0.25) is 4.79 Å². The molecule has 1 aromatic heterocycles. The molecule has 16 heavy (non-hydrogen) atoms. The summed E-state index contributed by atoms with van der Waals surface area (Å²) in [6, 6.07) is 1.90. The summed E-state index contributed by atoms with van der Waals surface area (Å²) in [5.74, 6) is -3.62. The fourth-order valence-electron chi connectivity index (χ4n) is 1.50. The Labute approximate surface area is 87.2 Å². The first kappa shape index (κ1) is 10.7. The van der Waals surface area contributed by atoms with Crippen molar-refractivity contribution in [1.29, 1.82) is 0 Å². The molecule has 84 valence electrons. The summed E-state index contributed by atoms with van der Waals surface area (Å²) < 4.78 is 39.4. The highest BCUT2D eigenvalue weighted by Gasteiger charge is 2.16. The van der Waals surface area contributed by atoms with Crippen LogP contribution in [0.25, 0.3) is 10.9 Å². The number of fused-ring (bicyclic) bond motifs is 1. The van der Waals surface area contributed by atoms with Crippen LogP contribution < -0.4 is 5.56 Å². The standard InChI is InChI=1S/C10H6F3NO2/c11-6-2-1-4-5(3-15)7(12)10(16)14-9(4)8(6)13/h1-2,15H,3H2,(H,14,16). The Hall–Kier alpha value is -1.82. The largest absolute Gasteiger partial charge is 0.392 e. The molecule has 0 aliphatic carbocycles. The molecule has 0 spiro atoms. The number of hydrogen-bond acceptors (Lipinski definition) is 2. The molecule has 2 rings (SSSR count). The van der Waals surface area contributed by atoms with Crippen LogP contribution in [0.3, 0.4) is 0 Å². The predicted octanol–water partition coefficient (Wildman–Crippen LogP) is 1.44. The van der Waals surface area contributed by atoms with Gasteiger partial charge in [0.15, 0.2) is 17.5 Å². The number of nitrogens with one attached hydrogen (secondary N) is 1. The molecular formula is C10H6F3NO2. The summed E-state index contributed by atoms with van der Waals surface area (Å²) in [7, 11) is 0. The normalized spacial score (nSPS) is 11.0. The van der Waals surface area contributed by atoms with Crippen LogP contribution in [0.15, 0.2) is 16.9 Å². The summed E-state index contributed by atoms with van der Waals surface area (Å²) >= 11 is 0. The molecule has 0 fully saturated rings. The zero-order valence-corrected chi connectivity index (χ0v) is 7.85. The van der Waals surface area contributed by atoms with Gasteiger partial charge in [0.05, 0.1) is 12.1 Å². The van der Waals surface area contributed by atoms with Gasteiger partial charge in [-0.1, -0.05) is 0 Å². The number of pyridine rings is 1. The molecule has 6 heteroatoms. The van der Waals surface area contributed by atoms with E-state index in [-0.39, 0.29) is 10.9 Å². The molecule has 1 heterocycles. The molecule has 1 aromatic carbocycles. The minimum Gasteiger partial charge on any atom is -0.392 e. The first-order valence-corrected chi connectivity index (χ1v) is 4.35. The van der Waals surface area contributed by atoms with Crippen molar-refractivity contribution in [2.24, 2.45) is 0 Å². The second-order valence-electron chi connectivity index (χ2n) is 3.19. The maximum Gasteiger partial charge on any atom is 0.284 e. The number of H-pyrrole nitrogens is 1. The van der Waals surface area contributed by atoms with Crippen LogP contribution in [0.2, 0.25) is 0 Å². The highest BCUT2D eigenvalue weighted by Crippen LogP contribution is 2.21. The number of aliphatic hydroxyl groups is 1. The van der Waals surface area contributed by atoms with Gasteiger partial charge in [-0.2, -0.15) is 0 Å². The molecule has 0 bridgehead atoms. The number of aliphatic hydroxyl groups excluding tert-OH is 1. The van der Waals surface area contributed by atoms with E-state index < -0.39 is 35.1 Å². The van der Waals surface area contributed by atoms with Gasteiger partial charge in [-0.25, -0.2) is 13.2 Å². The molecule has 0 radical (unpaired) electrons. The molecule has 3 nitrogen and oxygen atoms in total. The Morgan fingerprint density at radius 2 is 1.88 bits per heavy atom. The molecule has 0 aliphatic rings. The van der Waals surface area contributed by atoms with Crippen molar-refractivity contribution in [3.63, 3.8) is 0 Å². The maximum atomic E-state index is 13.3. The van der Waals surface area contributed by atoms with Crippen LogP contribution in [-0.2, 0) is 6.61 Å². The first-order valence-electron chi connectivity index (χ1n) is 4.35. The van der Waals surface area contributed by atoms with E-state index in [0.717, 1.165) is 12.1 Å². The molecule has 0 saturated heterocycles. The van der Waals surface area contributed by atoms with E-state index >= 15 is 0 Å². The van der Waals surface area contributed by atoms with Crippen LogP contribution >= 0.6 is 0 Å². The number of aromatic amines is 1. The molecule has 0 unspecified atom stereocenters. The highest BCUT2D eigenvalue weighted by atomic mass is 19.2. The van der Waals surface area contributed by atoms with Crippen LogP contribution in [0.1, 0.15) is 5.56 Å². The van der Waals surface area contributed by atoms with E-state index in [9.17, 15) is 18.0 Å². The molecule has 2 N–H and O–H groups in total. The lowest BCUT2D eigenvalue weighted by atomic mass is 10.1. The third-order valence-electron chi connectivity index (χ3n) is 2.28.